The third kappa shape index (κ3) is 3.05. The predicted octanol–water partition coefficient (Wildman–Crippen LogP) is 2.18. The molecule has 0 spiro atoms. The molecule has 15 heavy (non-hydrogen) atoms. The van der Waals surface area contributed by atoms with Crippen LogP contribution in [0.4, 0.5) is 0 Å². The lowest BCUT2D eigenvalue weighted by Crippen LogP contribution is -2.14. The number of methoxy groups -OCH3 is 1. The smallest absolute Gasteiger partial charge is 0.220 e. The van der Waals surface area contributed by atoms with Crippen molar-refractivity contribution >= 4 is 11.6 Å². The van der Waals surface area contributed by atoms with Gasteiger partial charge in [0, 0.05) is 11.6 Å². The van der Waals surface area contributed by atoms with Crippen LogP contribution in [0.15, 0.2) is 23.5 Å². The van der Waals surface area contributed by atoms with E-state index >= 15 is 0 Å². The molecule has 0 atom stereocenters. The van der Waals surface area contributed by atoms with E-state index < -0.39 is 0 Å². The highest BCUT2D eigenvalue weighted by atomic mass is 16.5. The van der Waals surface area contributed by atoms with Crippen molar-refractivity contribution in [2.24, 2.45) is 0 Å². The second-order valence-electron chi connectivity index (χ2n) is 3.57. The minimum absolute atomic E-state index is 0.0949. The monoisotopic (exact) mass is 208 g/mol. The summed E-state index contributed by atoms with van der Waals surface area (Å²) >= 11 is 0. The van der Waals surface area contributed by atoms with E-state index in [1.54, 1.807) is 0 Å². The highest BCUT2D eigenvalue weighted by Gasteiger charge is 2.19. The summed E-state index contributed by atoms with van der Waals surface area (Å²) in [5.74, 6) is -0.162. The first-order chi connectivity index (χ1) is 7.19. The van der Waals surface area contributed by atoms with Crippen LogP contribution in [0.1, 0.15) is 32.6 Å². The van der Waals surface area contributed by atoms with Crippen molar-refractivity contribution in [3.8, 4) is 0 Å². The molecule has 3 heteroatoms. The van der Waals surface area contributed by atoms with E-state index in [2.05, 4.69) is 6.92 Å². The fraction of sp³-hybridized carbons (Fsp3) is 0.500. The van der Waals surface area contributed by atoms with Crippen LogP contribution in [-0.2, 0) is 14.3 Å². The fourth-order valence-electron chi connectivity index (χ4n) is 1.50. The Kier molecular flexibility index (Phi) is 4.28. The molecule has 0 saturated heterocycles. The summed E-state index contributed by atoms with van der Waals surface area (Å²) in [5, 5.41) is 0. The summed E-state index contributed by atoms with van der Waals surface area (Å²) in [4.78, 5) is 22.9. The Morgan fingerprint density at radius 3 is 2.47 bits per heavy atom. The normalized spacial score (nSPS) is 16.1. The lowest BCUT2D eigenvalue weighted by atomic mass is 9.97. The average Bonchev–Trinajstić information content (AvgIpc) is 2.23. The van der Waals surface area contributed by atoms with Crippen LogP contribution in [0.2, 0.25) is 0 Å². The van der Waals surface area contributed by atoms with Gasteiger partial charge < -0.3 is 4.74 Å². The number of unbranched alkanes of at least 4 members (excludes halogenated alkanes) is 2. The molecule has 0 N–H and O–H groups in total. The van der Waals surface area contributed by atoms with Crippen molar-refractivity contribution in [2.45, 2.75) is 32.6 Å². The molecule has 82 valence electrons. The summed E-state index contributed by atoms with van der Waals surface area (Å²) in [5.41, 5.74) is 0.606. The van der Waals surface area contributed by atoms with Crippen LogP contribution in [0.3, 0.4) is 0 Å². The van der Waals surface area contributed by atoms with E-state index in [-0.39, 0.29) is 17.3 Å². The van der Waals surface area contributed by atoms with Crippen molar-refractivity contribution in [3.63, 3.8) is 0 Å². The lowest BCUT2D eigenvalue weighted by molar-refractivity contribution is -0.117. The zero-order valence-corrected chi connectivity index (χ0v) is 9.21. The molecule has 0 radical (unpaired) electrons. The van der Waals surface area contributed by atoms with Gasteiger partial charge in [0.15, 0.2) is 11.5 Å². The molecular weight excluding hydrogens is 192 g/mol. The van der Waals surface area contributed by atoms with Gasteiger partial charge in [-0.25, -0.2) is 0 Å². The van der Waals surface area contributed by atoms with E-state index in [0.717, 1.165) is 19.3 Å². The predicted molar refractivity (Wildman–Crippen MR) is 57.3 cm³/mol. The molecule has 0 aromatic rings. The average molecular weight is 208 g/mol. The molecule has 3 nitrogen and oxygen atoms in total. The highest BCUT2D eigenvalue weighted by Crippen LogP contribution is 2.17. The van der Waals surface area contributed by atoms with Gasteiger partial charge in [-0.2, -0.15) is 0 Å². The Hall–Kier alpha value is -1.38. The number of carbonyl (C=O) groups excluding carboxylic acids is 2. The zero-order chi connectivity index (χ0) is 11.3. The van der Waals surface area contributed by atoms with Gasteiger partial charge in [0.2, 0.25) is 5.78 Å². The zero-order valence-electron chi connectivity index (χ0n) is 9.21. The number of ether oxygens (including phenoxy) is 1. The van der Waals surface area contributed by atoms with E-state index in [1.165, 1.54) is 19.3 Å². The molecule has 0 saturated carbocycles. The van der Waals surface area contributed by atoms with Crippen molar-refractivity contribution in [1.82, 2.24) is 0 Å². The van der Waals surface area contributed by atoms with Crippen LogP contribution < -0.4 is 0 Å². The first-order valence-corrected chi connectivity index (χ1v) is 5.24. The van der Waals surface area contributed by atoms with Gasteiger partial charge in [0.05, 0.1) is 7.11 Å². The number of hydrogen-bond donors (Lipinski definition) is 0. The van der Waals surface area contributed by atoms with E-state index in [9.17, 15) is 9.59 Å². The number of rotatable bonds is 5. The second-order valence-corrected chi connectivity index (χ2v) is 3.57. The highest BCUT2D eigenvalue weighted by molar-refractivity contribution is 6.19. The molecule has 1 aliphatic carbocycles. The van der Waals surface area contributed by atoms with Crippen molar-refractivity contribution < 1.29 is 14.3 Å². The third-order valence-corrected chi connectivity index (χ3v) is 2.40. The van der Waals surface area contributed by atoms with Crippen LogP contribution in [0.5, 0.6) is 0 Å². The molecule has 0 fully saturated rings. The number of allylic oxidation sites excluding steroid dienone is 3. The Morgan fingerprint density at radius 1 is 1.13 bits per heavy atom. The lowest BCUT2D eigenvalue weighted by Gasteiger charge is -2.10. The number of ketones is 2. The van der Waals surface area contributed by atoms with Gasteiger partial charge in [-0.15, -0.1) is 0 Å². The number of carbonyl (C=O) groups is 2. The Bertz CT molecular complexity index is 324. The molecule has 1 rings (SSSR count). The van der Waals surface area contributed by atoms with Gasteiger partial charge >= 0.3 is 0 Å². The van der Waals surface area contributed by atoms with Gasteiger partial charge in [0.25, 0.3) is 0 Å². The molecule has 0 unspecified atom stereocenters. The minimum Gasteiger partial charge on any atom is -0.493 e. The van der Waals surface area contributed by atoms with E-state index in [4.69, 9.17) is 4.74 Å². The topological polar surface area (TPSA) is 43.4 Å². The van der Waals surface area contributed by atoms with Crippen LogP contribution in [0, 0.1) is 0 Å². The van der Waals surface area contributed by atoms with Gasteiger partial charge in [-0.3, -0.25) is 9.59 Å². The Morgan fingerprint density at radius 2 is 1.87 bits per heavy atom. The molecule has 0 amide bonds. The summed E-state index contributed by atoms with van der Waals surface area (Å²) in [7, 11) is 1.40. The fourth-order valence-corrected chi connectivity index (χ4v) is 1.50. The largest absolute Gasteiger partial charge is 0.493 e. The molecule has 0 aromatic heterocycles. The maximum Gasteiger partial charge on any atom is 0.220 e. The SMILES string of the molecule is CCCCCC1=CC(=O)C(OC)=CC1=O. The minimum atomic E-state index is -0.205. The van der Waals surface area contributed by atoms with Gasteiger partial charge in [0.1, 0.15) is 0 Å². The second kappa shape index (κ2) is 5.49. The van der Waals surface area contributed by atoms with Crippen LogP contribution in [0.25, 0.3) is 0 Å². The first-order valence-electron chi connectivity index (χ1n) is 5.24. The Labute approximate surface area is 89.8 Å². The summed E-state index contributed by atoms with van der Waals surface area (Å²) in [6, 6.07) is 0. The summed E-state index contributed by atoms with van der Waals surface area (Å²) in [6.45, 7) is 2.10. The molecule has 1 aliphatic rings. The van der Waals surface area contributed by atoms with Crippen molar-refractivity contribution in [3.05, 3.63) is 23.5 Å². The van der Waals surface area contributed by atoms with Crippen LogP contribution >= 0.6 is 0 Å². The molecule has 0 aliphatic heterocycles. The van der Waals surface area contributed by atoms with Crippen molar-refractivity contribution in [2.75, 3.05) is 7.11 Å². The maximum atomic E-state index is 11.5. The van der Waals surface area contributed by atoms with E-state index in [0.29, 0.717) is 12.0 Å². The summed E-state index contributed by atoms with van der Waals surface area (Å²) in [6.07, 6.45) is 6.51. The maximum absolute atomic E-state index is 11.5. The number of hydrogen-bond acceptors (Lipinski definition) is 3. The molecule has 0 aromatic carbocycles. The van der Waals surface area contributed by atoms with Crippen molar-refractivity contribution in [1.29, 1.82) is 0 Å². The van der Waals surface area contributed by atoms with Gasteiger partial charge in [-0.1, -0.05) is 19.8 Å². The Balaban J connectivity index is 2.61. The third-order valence-electron chi connectivity index (χ3n) is 2.40. The van der Waals surface area contributed by atoms with Crippen LogP contribution in [-0.4, -0.2) is 18.7 Å². The summed E-state index contributed by atoms with van der Waals surface area (Å²) < 4.78 is 4.79. The molecular formula is C12H16O3. The standard InChI is InChI=1S/C12H16O3/c1-3-4-5-6-9-7-11(14)12(15-2)8-10(9)13/h7-8H,3-6H2,1-2H3. The molecule has 0 bridgehead atoms. The van der Waals surface area contributed by atoms with E-state index in [1.807, 2.05) is 0 Å². The first kappa shape index (κ1) is 11.7. The van der Waals surface area contributed by atoms with Gasteiger partial charge in [-0.05, 0) is 18.9 Å². The molecule has 0 heterocycles. The quantitative estimate of drug-likeness (QED) is 0.513.